The number of azide groups is 1. The minimum atomic E-state index is 0.243. The fraction of sp³-hybridized carbons (Fsp3) is 0.455. The molecular formula is C11H15N3O2. The van der Waals surface area contributed by atoms with E-state index in [2.05, 4.69) is 10.0 Å². The lowest BCUT2D eigenvalue weighted by Gasteiger charge is -2.09. The predicted octanol–water partition coefficient (Wildman–Crippen LogP) is 2.91. The largest absolute Gasteiger partial charge is 0.467 e. The van der Waals surface area contributed by atoms with Crippen molar-refractivity contribution < 1.29 is 9.47 Å². The van der Waals surface area contributed by atoms with Crippen LogP contribution in [0.5, 0.6) is 5.75 Å². The standard InChI is InChI=1S/C11H15N3O2/c1-15-9-16-11-7-3-2-5-10(11)6-4-8-13-14-12/h2-3,5,7H,4,6,8-9H2,1H3. The monoisotopic (exact) mass is 221 g/mol. The molecule has 0 bridgehead atoms. The van der Waals surface area contributed by atoms with Crippen molar-refractivity contribution in [2.45, 2.75) is 12.8 Å². The molecule has 0 heterocycles. The van der Waals surface area contributed by atoms with E-state index in [4.69, 9.17) is 15.0 Å². The van der Waals surface area contributed by atoms with Crippen LogP contribution >= 0.6 is 0 Å². The third kappa shape index (κ3) is 4.21. The number of rotatable bonds is 7. The van der Waals surface area contributed by atoms with E-state index in [1.54, 1.807) is 7.11 Å². The first-order valence-electron chi connectivity index (χ1n) is 5.09. The van der Waals surface area contributed by atoms with Crippen LogP contribution < -0.4 is 4.74 Å². The van der Waals surface area contributed by atoms with Crippen molar-refractivity contribution in [3.05, 3.63) is 40.3 Å². The highest BCUT2D eigenvalue weighted by Crippen LogP contribution is 2.19. The van der Waals surface area contributed by atoms with Crippen molar-refractivity contribution >= 4 is 0 Å². The molecule has 0 amide bonds. The van der Waals surface area contributed by atoms with Gasteiger partial charge in [0.1, 0.15) is 5.75 Å². The van der Waals surface area contributed by atoms with Gasteiger partial charge in [-0.2, -0.15) is 0 Å². The third-order valence-corrected chi connectivity index (χ3v) is 2.07. The summed E-state index contributed by atoms with van der Waals surface area (Å²) in [6.45, 7) is 0.752. The van der Waals surface area contributed by atoms with Gasteiger partial charge >= 0.3 is 0 Å². The second kappa shape index (κ2) is 7.56. The molecule has 0 spiro atoms. The zero-order valence-corrected chi connectivity index (χ0v) is 9.30. The summed E-state index contributed by atoms with van der Waals surface area (Å²) in [6, 6.07) is 7.79. The number of ether oxygens (including phenoxy) is 2. The van der Waals surface area contributed by atoms with Gasteiger partial charge in [-0.15, -0.1) is 0 Å². The van der Waals surface area contributed by atoms with Crippen molar-refractivity contribution in [2.75, 3.05) is 20.4 Å². The van der Waals surface area contributed by atoms with Crippen LogP contribution in [0.3, 0.4) is 0 Å². The highest BCUT2D eigenvalue weighted by atomic mass is 16.7. The molecule has 1 rings (SSSR count). The first-order chi connectivity index (χ1) is 7.88. The summed E-state index contributed by atoms with van der Waals surface area (Å²) in [6.07, 6.45) is 1.65. The fourth-order valence-corrected chi connectivity index (χ4v) is 1.36. The lowest BCUT2D eigenvalue weighted by atomic mass is 10.1. The number of aryl methyl sites for hydroxylation is 1. The summed E-state index contributed by atoms with van der Waals surface area (Å²) in [5.41, 5.74) is 9.26. The van der Waals surface area contributed by atoms with E-state index in [-0.39, 0.29) is 6.79 Å². The SMILES string of the molecule is COCOc1ccccc1CCCN=[N+]=[N-]. The van der Waals surface area contributed by atoms with Gasteiger partial charge in [0.25, 0.3) is 0 Å². The number of methoxy groups -OCH3 is 1. The van der Waals surface area contributed by atoms with Gasteiger partial charge in [0.2, 0.25) is 0 Å². The molecule has 5 heteroatoms. The van der Waals surface area contributed by atoms with Gasteiger partial charge in [0.15, 0.2) is 6.79 Å². The molecule has 1 aromatic rings. The maximum Gasteiger partial charge on any atom is 0.188 e. The van der Waals surface area contributed by atoms with Gasteiger partial charge < -0.3 is 9.47 Å². The first kappa shape index (κ1) is 12.4. The van der Waals surface area contributed by atoms with E-state index >= 15 is 0 Å². The van der Waals surface area contributed by atoms with Crippen LogP contribution in [-0.4, -0.2) is 20.4 Å². The first-order valence-corrected chi connectivity index (χ1v) is 5.09. The minimum Gasteiger partial charge on any atom is -0.467 e. The van der Waals surface area contributed by atoms with Crippen LogP contribution in [0.4, 0.5) is 0 Å². The van der Waals surface area contributed by atoms with Gasteiger partial charge in [-0.1, -0.05) is 23.3 Å². The molecule has 0 atom stereocenters. The third-order valence-electron chi connectivity index (χ3n) is 2.07. The lowest BCUT2D eigenvalue weighted by Crippen LogP contribution is -2.01. The zero-order chi connectivity index (χ0) is 11.6. The molecule has 0 saturated heterocycles. The average Bonchev–Trinajstić information content (AvgIpc) is 2.33. The molecule has 0 aliphatic rings. The average molecular weight is 221 g/mol. The zero-order valence-electron chi connectivity index (χ0n) is 9.30. The molecule has 86 valence electrons. The normalized spacial score (nSPS) is 9.56. The van der Waals surface area contributed by atoms with Gasteiger partial charge in [-0.3, -0.25) is 0 Å². The topological polar surface area (TPSA) is 67.2 Å². The Balaban J connectivity index is 2.52. The Labute approximate surface area is 94.6 Å². The molecule has 5 nitrogen and oxygen atoms in total. The minimum absolute atomic E-state index is 0.243. The van der Waals surface area contributed by atoms with Crippen molar-refractivity contribution in [1.82, 2.24) is 0 Å². The second-order valence-electron chi connectivity index (χ2n) is 3.22. The summed E-state index contributed by atoms with van der Waals surface area (Å²) in [7, 11) is 1.59. The summed E-state index contributed by atoms with van der Waals surface area (Å²) >= 11 is 0. The lowest BCUT2D eigenvalue weighted by molar-refractivity contribution is 0.0504. The number of nitrogens with zero attached hydrogens (tertiary/aromatic N) is 3. The van der Waals surface area contributed by atoms with Crippen molar-refractivity contribution in [3.63, 3.8) is 0 Å². The Hall–Kier alpha value is -1.71. The van der Waals surface area contributed by atoms with E-state index in [1.807, 2.05) is 24.3 Å². The molecule has 0 N–H and O–H groups in total. The van der Waals surface area contributed by atoms with Crippen molar-refractivity contribution in [1.29, 1.82) is 0 Å². The molecule has 0 aromatic heterocycles. The highest BCUT2D eigenvalue weighted by Gasteiger charge is 2.01. The highest BCUT2D eigenvalue weighted by molar-refractivity contribution is 5.33. The van der Waals surface area contributed by atoms with Crippen molar-refractivity contribution in [2.24, 2.45) is 5.11 Å². The summed E-state index contributed by atoms with van der Waals surface area (Å²) in [5, 5.41) is 3.49. The summed E-state index contributed by atoms with van der Waals surface area (Å²) < 4.78 is 10.3. The number of hydrogen-bond donors (Lipinski definition) is 0. The Bertz CT molecular complexity index is 362. The van der Waals surface area contributed by atoms with E-state index in [0.29, 0.717) is 6.54 Å². The predicted molar refractivity (Wildman–Crippen MR) is 61.3 cm³/mol. The molecule has 0 saturated carbocycles. The van der Waals surface area contributed by atoms with E-state index < -0.39 is 0 Å². The van der Waals surface area contributed by atoms with Crippen molar-refractivity contribution in [3.8, 4) is 5.75 Å². The Kier molecular flexibility index (Phi) is 5.84. The number of hydrogen-bond acceptors (Lipinski definition) is 3. The fourth-order valence-electron chi connectivity index (χ4n) is 1.36. The van der Waals surface area contributed by atoms with E-state index in [0.717, 1.165) is 24.2 Å². The molecule has 0 unspecified atom stereocenters. The van der Waals surface area contributed by atoms with E-state index in [1.165, 1.54) is 0 Å². The van der Waals surface area contributed by atoms with Crippen LogP contribution in [0.15, 0.2) is 29.4 Å². The Morgan fingerprint density at radius 1 is 1.38 bits per heavy atom. The van der Waals surface area contributed by atoms with Crippen LogP contribution in [0, 0.1) is 0 Å². The Morgan fingerprint density at radius 3 is 2.94 bits per heavy atom. The van der Waals surface area contributed by atoms with Crippen LogP contribution in [0.1, 0.15) is 12.0 Å². The maximum absolute atomic E-state index is 8.15. The summed E-state index contributed by atoms with van der Waals surface area (Å²) in [5.74, 6) is 0.824. The molecule has 1 aromatic carbocycles. The molecule has 0 aliphatic heterocycles. The van der Waals surface area contributed by atoms with Gasteiger partial charge in [-0.25, -0.2) is 0 Å². The molecule has 0 fully saturated rings. The molecule has 0 radical (unpaired) electrons. The van der Waals surface area contributed by atoms with Gasteiger partial charge in [0.05, 0.1) is 0 Å². The summed E-state index contributed by atoms with van der Waals surface area (Å²) in [4.78, 5) is 2.71. The van der Waals surface area contributed by atoms with Crippen LogP contribution in [-0.2, 0) is 11.2 Å². The number of benzene rings is 1. The van der Waals surface area contributed by atoms with Crippen LogP contribution in [0.2, 0.25) is 0 Å². The molecular weight excluding hydrogens is 206 g/mol. The van der Waals surface area contributed by atoms with E-state index in [9.17, 15) is 0 Å². The molecule has 0 aliphatic carbocycles. The number of para-hydroxylation sites is 1. The van der Waals surface area contributed by atoms with Crippen LogP contribution in [0.25, 0.3) is 10.4 Å². The van der Waals surface area contributed by atoms with Gasteiger partial charge in [-0.05, 0) is 30.0 Å². The van der Waals surface area contributed by atoms with Gasteiger partial charge in [0, 0.05) is 18.6 Å². The maximum atomic E-state index is 8.15. The quantitative estimate of drug-likeness (QED) is 0.233. The smallest absolute Gasteiger partial charge is 0.188 e. The Morgan fingerprint density at radius 2 is 2.19 bits per heavy atom. The second-order valence-corrected chi connectivity index (χ2v) is 3.22. The molecule has 16 heavy (non-hydrogen) atoms.